The Morgan fingerprint density at radius 1 is 0.544 bits per heavy atom. The van der Waals surface area contributed by atoms with E-state index in [-0.39, 0.29) is 20.4 Å². The third kappa shape index (κ3) is 21.1. The Labute approximate surface area is 566 Å². The number of H-pyrrole nitrogens is 1. The van der Waals surface area contributed by atoms with Gasteiger partial charge in [-0.1, -0.05) is 122 Å². The highest BCUT2D eigenvalue weighted by Crippen LogP contribution is 2.42. The number of fused-ring (bicyclic) bond motifs is 1. The molecule has 4 saturated heterocycles. The van der Waals surface area contributed by atoms with Gasteiger partial charge in [-0.05, 0) is 265 Å². The van der Waals surface area contributed by atoms with Gasteiger partial charge in [-0.2, -0.15) is 0 Å². The first-order valence-electron chi connectivity index (χ1n) is 32.7. The minimum atomic E-state index is -1.09. The monoisotopic (exact) mass is 1340 g/mol. The highest BCUT2D eigenvalue weighted by atomic mass is 35.5. The third-order valence-electron chi connectivity index (χ3n) is 19.7. The van der Waals surface area contributed by atoms with E-state index < -0.39 is 35.9 Å². The molecule has 2 atom stereocenters. The molecule has 90 heavy (non-hydrogen) atoms. The van der Waals surface area contributed by atoms with Gasteiger partial charge in [0.05, 0.1) is 21.1 Å². The molecule has 2 aromatic heterocycles. The maximum Gasteiger partial charge on any atom is 0.376 e. The second kappa shape index (κ2) is 33.4. The number of halogens is 4. The first kappa shape index (κ1) is 74.1. The van der Waals surface area contributed by atoms with Crippen molar-refractivity contribution in [3.8, 4) is 0 Å². The van der Waals surface area contributed by atoms with Crippen LogP contribution in [0.3, 0.4) is 0 Å². The van der Waals surface area contributed by atoms with Crippen LogP contribution in [-0.2, 0) is 47.5 Å². The lowest BCUT2D eigenvalue weighted by Gasteiger charge is -2.48. The van der Waals surface area contributed by atoms with Crippen molar-refractivity contribution in [1.82, 2.24) is 34.2 Å². The summed E-state index contributed by atoms with van der Waals surface area (Å²) in [5.41, 5.74) is 6.90. The summed E-state index contributed by atoms with van der Waals surface area (Å²) in [7, 11) is -0.841. The highest BCUT2D eigenvalue weighted by Gasteiger charge is 2.45. The number of anilines is 1. The van der Waals surface area contributed by atoms with Gasteiger partial charge in [0, 0.05) is 73.3 Å². The fourth-order valence-corrected chi connectivity index (χ4v) is 16.7. The van der Waals surface area contributed by atoms with Crippen molar-refractivity contribution in [2.75, 3.05) is 70.1 Å². The Morgan fingerprint density at radius 3 is 1.33 bits per heavy atom. The standard InChI is InChI=1S/C20H23ClN4.C18H30BClN2O2S.C18H29BClNO2S.C14H20ClN/c1-2-20(13-15-3-5-16(21)6-4-15)8-11-25(12-9-20)19-17-7-10-22-18(17)23-14-24-19;1-17(2,3)25(24)21(5)18(10-12-22(13-11-18)19(4)23)14-15-6-8-16(20)9-7-15;1-17(2,3)24(23)14-18(9-11-21(12-10-18)19(4)22)13-15-5-7-16(20)8-6-15;1-2-14(7-9-16-10-8-14)11-12-3-5-13(15)6-4-12/h3-7,10,14H,2,8-9,11-13H2,1H3,(H,22,23,24);6-9,23H,10-14H2,1-5H3;5-8,22H,9-14H2,1-4H3;3-6,16H,2,7-11H2,1H3. The zero-order valence-electron chi connectivity index (χ0n) is 55.6. The first-order chi connectivity index (χ1) is 42.6. The molecule has 0 saturated carbocycles. The molecule has 20 heteroatoms. The Kier molecular flexibility index (Phi) is 27.4. The van der Waals surface area contributed by atoms with E-state index >= 15 is 0 Å². The van der Waals surface area contributed by atoms with Crippen molar-refractivity contribution in [1.29, 1.82) is 0 Å². The summed E-state index contributed by atoms with van der Waals surface area (Å²) in [6.45, 7) is 28.2. The topological polar surface area (TPSA) is 141 Å². The number of aromatic amines is 1. The van der Waals surface area contributed by atoms with Crippen LogP contribution < -0.4 is 10.2 Å². The molecule has 4 aliphatic rings. The predicted molar refractivity (Wildman–Crippen MR) is 386 cm³/mol. The van der Waals surface area contributed by atoms with Crippen LogP contribution in [-0.4, -0.2) is 142 Å². The number of aromatic nitrogens is 3. The third-order valence-corrected chi connectivity index (χ3v) is 24.9. The summed E-state index contributed by atoms with van der Waals surface area (Å²) >= 11 is 24.0. The largest absolute Gasteiger partial charge is 0.437 e. The highest BCUT2D eigenvalue weighted by molar-refractivity contribution is 7.86. The van der Waals surface area contributed by atoms with Gasteiger partial charge in [0.25, 0.3) is 0 Å². The number of hydrogen-bond donors (Lipinski definition) is 4. The van der Waals surface area contributed by atoms with Gasteiger partial charge in [-0.3, -0.25) is 4.21 Å². The number of rotatable bonds is 17. The van der Waals surface area contributed by atoms with Crippen molar-refractivity contribution >= 4 is 99.1 Å². The molecular weight excluding hydrogens is 1240 g/mol. The first-order valence-corrected chi connectivity index (χ1v) is 36.6. The van der Waals surface area contributed by atoms with Crippen LogP contribution in [0.4, 0.5) is 5.82 Å². The summed E-state index contributed by atoms with van der Waals surface area (Å²) in [4.78, 5) is 18.6. The van der Waals surface area contributed by atoms with Gasteiger partial charge in [-0.15, -0.1) is 0 Å². The number of likely N-dealkylation sites (N-methyl/N-ethyl adjacent to an activating group) is 1. The molecule has 6 aromatic rings. The maximum absolute atomic E-state index is 13.1. The quantitative estimate of drug-likeness (QED) is 0.0652. The van der Waals surface area contributed by atoms with E-state index in [9.17, 15) is 18.5 Å². The van der Waals surface area contributed by atoms with Crippen LogP contribution in [0.5, 0.6) is 0 Å². The van der Waals surface area contributed by atoms with Gasteiger partial charge in [0.2, 0.25) is 0 Å². The fraction of sp³-hybridized carbons (Fsp3) is 0.571. The van der Waals surface area contributed by atoms with Crippen LogP contribution >= 0.6 is 46.4 Å². The lowest BCUT2D eigenvalue weighted by molar-refractivity contribution is 0.122. The zero-order chi connectivity index (χ0) is 65.5. The lowest BCUT2D eigenvalue weighted by Crippen LogP contribution is -2.59. The Balaban J connectivity index is 0.000000173. The number of piperidine rings is 4. The summed E-state index contributed by atoms with van der Waals surface area (Å²) in [5.74, 6) is 1.77. The average molecular weight is 1350 g/mol. The fourth-order valence-electron chi connectivity index (χ4n) is 13.4. The zero-order valence-corrected chi connectivity index (χ0v) is 60.3. The van der Waals surface area contributed by atoms with E-state index in [1.165, 1.54) is 80.3 Å². The molecule has 4 fully saturated rings. The van der Waals surface area contributed by atoms with E-state index in [0.717, 1.165) is 121 Å². The number of benzene rings is 4. The predicted octanol–water partition coefficient (Wildman–Crippen LogP) is 15.4. The minimum Gasteiger partial charge on any atom is -0.437 e. The van der Waals surface area contributed by atoms with E-state index in [4.69, 9.17) is 46.4 Å². The van der Waals surface area contributed by atoms with Gasteiger partial charge in [-0.25, -0.2) is 18.5 Å². The van der Waals surface area contributed by atoms with E-state index in [0.29, 0.717) is 16.6 Å². The van der Waals surface area contributed by atoms with Crippen molar-refractivity contribution < 1.29 is 18.5 Å². The molecule has 10 rings (SSSR count). The molecule has 4 N–H and O–H groups in total. The number of nitrogens with one attached hydrogen (secondary N) is 2. The molecule has 0 amide bonds. The molecule has 6 heterocycles. The van der Waals surface area contributed by atoms with Gasteiger partial charge in [0.15, 0.2) is 0 Å². The Hall–Kier alpha value is -3.35. The van der Waals surface area contributed by atoms with E-state index in [2.05, 4.69) is 108 Å². The maximum atomic E-state index is 13.1. The average Bonchev–Trinajstić information content (AvgIpc) is 1.08. The second-order valence-electron chi connectivity index (χ2n) is 28.1. The van der Waals surface area contributed by atoms with Crippen molar-refractivity contribution in [2.45, 2.75) is 174 Å². The molecule has 4 aromatic carbocycles. The lowest BCUT2D eigenvalue weighted by atomic mass is 9.72. The van der Waals surface area contributed by atoms with Gasteiger partial charge >= 0.3 is 14.1 Å². The molecule has 492 valence electrons. The molecule has 2 unspecified atom stereocenters. The Bertz CT molecular complexity index is 3170. The number of nitrogens with zero attached hydrogens (tertiary/aromatic N) is 6. The Morgan fingerprint density at radius 2 is 0.933 bits per heavy atom. The van der Waals surface area contributed by atoms with Gasteiger partial charge in [0.1, 0.15) is 17.8 Å². The smallest absolute Gasteiger partial charge is 0.376 e. The van der Waals surface area contributed by atoms with Crippen LogP contribution in [0, 0.1) is 16.2 Å². The molecule has 4 aliphatic heterocycles. The minimum absolute atomic E-state index is 0.0252. The van der Waals surface area contributed by atoms with Crippen LogP contribution in [0.2, 0.25) is 33.7 Å². The summed E-state index contributed by atoms with van der Waals surface area (Å²) in [6, 6.07) is 34.7. The summed E-state index contributed by atoms with van der Waals surface area (Å²) < 4.78 is 27.5. The van der Waals surface area contributed by atoms with Gasteiger partial charge < -0.3 is 34.9 Å². The molecule has 0 radical (unpaired) electrons. The van der Waals surface area contributed by atoms with Crippen LogP contribution in [0.1, 0.15) is 142 Å². The van der Waals surface area contributed by atoms with Crippen LogP contribution in [0.25, 0.3) is 11.0 Å². The van der Waals surface area contributed by atoms with Crippen molar-refractivity contribution in [3.05, 3.63) is 158 Å². The SMILES string of the molecule is CB(O)N1CCC(Cc2ccc(Cl)cc2)(CS(=O)C(C)(C)C)CC1.CB(O)N1CCC(Cc2ccc(Cl)cc2)(N(C)S(=O)C(C)(C)C)CC1.CCC1(Cc2ccc(Cl)cc2)CCN(c2ncnc3[nH]ccc23)CC1.CCC1(Cc2ccc(Cl)cc2)CCNCC1. The number of hydrogen-bond acceptors (Lipinski definition) is 10. The molecule has 12 nitrogen and oxygen atoms in total. The second-order valence-corrected chi connectivity index (χ2v) is 34.3. The molecule has 0 spiro atoms. The van der Waals surface area contributed by atoms with E-state index in [1.807, 2.05) is 117 Å². The summed E-state index contributed by atoms with van der Waals surface area (Å²) in [5, 5.41) is 27.4. The van der Waals surface area contributed by atoms with Crippen molar-refractivity contribution in [2.24, 2.45) is 16.2 Å². The normalized spacial score (nSPS) is 19.1. The molecular formula is C70H102B2Cl4N8O4S2. The summed E-state index contributed by atoms with van der Waals surface area (Å²) in [6.07, 6.45) is 18.8. The molecule has 0 aliphatic carbocycles. The molecule has 0 bridgehead atoms. The van der Waals surface area contributed by atoms with Crippen molar-refractivity contribution in [3.63, 3.8) is 0 Å². The van der Waals surface area contributed by atoms with E-state index in [1.54, 1.807) is 6.33 Å². The van der Waals surface area contributed by atoms with Crippen LogP contribution in [0.15, 0.2) is 116 Å².